The van der Waals surface area contributed by atoms with Gasteiger partial charge in [-0.15, -0.1) is 0 Å². The van der Waals surface area contributed by atoms with Crippen molar-refractivity contribution < 1.29 is 54.4 Å². The molecule has 36 heavy (non-hydrogen) atoms. The van der Waals surface area contributed by atoms with Gasteiger partial charge in [-0.3, -0.25) is 9.59 Å². The summed E-state index contributed by atoms with van der Waals surface area (Å²) in [6.45, 7) is 5.09. The lowest BCUT2D eigenvalue weighted by atomic mass is 9.58. The molecule has 6 N–H and O–H groups in total. The molecule has 6 aliphatic rings. The van der Waals surface area contributed by atoms with Crippen molar-refractivity contribution >= 4 is 11.9 Å². The van der Waals surface area contributed by atoms with Gasteiger partial charge in [0.2, 0.25) is 6.29 Å². The van der Waals surface area contributed by atoms with Crippen LogP contribution in [0.25, 0.3) is 0 Å². The van der Waals surface area contributed by atoms with Crippen LogP contribution in [0.15, 0.2) is 12.2 Å². The number of hydrogen-bond donors (Lipinski definition) is 6. The van der Waals surface area contributed by atoms with Crippen molar-refractivity contribution in [2.24, 2.45) is 34.5 Å². The highest BCUT2D eigenvalue weighted by Crippen LogP contribution is 2.78. The molecule has 0 radical (unpaired) electrons. The number of esters is 2. The van der Waals surface area contributed by atoms with Gasteiger partial charge in [-0.2, -0.15) is 0 Å². The molecular formula is C25H34O11. The first-order valence-electron chi connectivity index (χ1n) is 12.7. The molecule has 11 nitrogen and oxygen atoms in total. The van der Waals surface area contributed by atoms with Gasteiger partial charge in [-0.05, 0) is 43.9 Å². The Hall–Kier alpha value is -1.60. The number of rotatable bonds is 3. The summed E-state index contributed by atoms with van der Waals surface area (Å²) in [6.07, 6.45) is -8.01. The summed E-state index contributed by atoms with van der Waals surface area (Å²) in [7, 11) is 0. The largest absolute Gasteiger partial charge is 0.458 e. The van der Waals surface area contributed by atoms with Crippen LogP contribution in [0.3, 0.4) is 0 Å². The normalized spacial score (nSPS) is 57.2. The zero-order chi connectivity index (χ0) is 25.9. The monoisotopic (exact) mass is 510 g/mol. The molecule has 0 aromatic heterocycles. The van der Waals surface area contributed by atoms with Crippen molar-refractivity contribution in [1.82, 2.24) is 0 Å². The summed E-state index contributed by atoms with van der Waals surface area (Å²) >= 11 is 0. The molecule has 200 valence electrons. The maximum absolute atomic E-state index is 14.0. The number of fused-ring (bicyclic) bond motifs is 1. The van der Waals surface area contributed by atoms with Gasteiger partial charge in [0.05, 0.1) is 24.7 Å². The van der Waals surface area contributed by atoms with Crippen molar-refractivity contribution in [2.75, 3.05) is 6.61 Å². The second-order valence-corrected chi connectivity index (χ2v) is 12.0. The molecule has 2 saturated heterocycles. The number of hydrogen-bond acceptors (Lipinski definition) is 11. The summed E-state index contributed by atoms with van der Waals surface area (Å²) in [4.78, 5) is 27.3. The molecule has 0 unspecified atom stereocenters. The maximum atomic E-state index is 14.0. The van der Waals surface area contributed by atoms with E-state index in [0.717, 1.165) is 12.0 Å². The SMILES string of the molecule is C=C1C[C@]23C[C@H]1CC[C@H]2[C@@]12C[C@H](O)[C@H](O)[C@](C)(C(=O)O1)[C@H]2[C@@H]3C(=O)O[C@@H]1O[C@H](CO)[C@@H](O)[C@H](O)[C@H]1O. The number of ether oxygens (including phenoxy) is 3. The van der Waals surface area contributed by atoms with E-state index in [4.69, 9.17) is 14.2 Å². The second-order valence-electron chi connectivity index (χ2n) is 12.0. The van der Waals surface area contributed by atoms with E-state index in [1.807, 2.05) is 0 Å². The Morgan fingerprint density at radius 1 is 1.11 bits per heavy atom. The van der Waals surface area contributed by atoms with Gasteiger partial charge in [0.15, 0.2) is 0 Å². The first-order chi connectivity index (χ1) is 16.9. The van der Waals surface area contributed by atoms with Crippen LogP contribution in [-0.2, 0) is 23.8 Å². The van der Waals surface area contributed by atoms with Crippen LogP contribution < -0.4 is 0 Å². The van der Waals surface area contributed by atoms with E-state index in [2.05, 4.69) is 6.58 Å². The number of allylic oxidation sites excluding steroid dienone is 1. The first kappa shape index (κ1) is 24.7. The zero-order valence-electron chi connectivity index (χ0n) is 20.0. The highest BCUT2D eigenvalue weighted by Gasteiger charge is 2.84. The van der Waals surface area contributed by atoms with Crippen LogP contribution in [-0.4, -0.2) is 97.7 Å². The number of aliphatic hydroxyl groups is 6. The van der Waals surface area contributed by atoms with Crippen LogP contribution in [0.2, 0.25) is 0 Å². The fourth-order valence-electron chi connectivity index (χ4n) is 9.06. The Morgan fingerprint density at radius 3 is 2.53 bits per heavy atom. The lowest BCUT2D eigenvalue weighted by Gasteiger charge is -2.46. The van der Waals surface area contributed by atoms with E-state index in [-0.39, 0.29) is 18.3 Å². The molecule has 2 aliphatic heterocycles. The average Bonchev–Trinajstić information content (AvgIpc) is 3.30. The fourth-order valence-corrected chi connectivity index (χ4v) is 9.06. The van der Waals surface area contributed by atoms with E-state index in [0.29, 0.717) is 19.3 Å². The molecule has 6 rings (SSSR count). The van der Waals surface area contributed by atoms with E-state index in [1.54, 1.807) is 0 Å². The van der Waals surface area contributed by atoms with E-state index in [9.17, 15) is 40.2 Å². The van der Waals surface area contributed by atoms with Gasteiger partial charge in [0.25, 0.3) is 0 Å². The Balaban J connectivity index is 1.42. The highest BCUT2D eigenvalue weighted by atomic mass is 16.7. The molecule has 0 aromatic carbocycles. The van der Waals surface area contributed by atoms with Crippen molar-refractivity contribution in [3.8, 4) is 0 Å². The Bertz CT molecular complexity index is 998. The average molecular weight is 511 g/mol. The first-order valence-corrected chi connectivity index (χ1v) is 12.7. The predicted octanol–water partition coefficient (Wildman–Crippen LogP) is -1.63. The van der Waals surface area contributed by atoms with Crippen LogP contribution in [0.1, 0.15) is 39.0 Å². The van der Waals surface area contributed by atoms with Crippen LogP contribution in [0, 0.1) is 34.5 Å². The minimum atomic E-state index is -1.77. The highest BCUT2D eigenvalue weighted by molar-refractivity contribution is 5.86. The van der Waals surface area contributed by atoms with Crippen molar-refractivity contribution in [3.05, 3.63) is 12.2 Å². The standard InChI is InChI=1S/C25H34O11/c1-9-5-24-6-10(9)3-4-13(24)25-7-11(27)19(31)23(2,22(33)36-25)18(25)14(24)20(32)35-21-17(30)16(29)15(28)12(8-26)34-21/h10-19,21,26-31H,1,3-8H2,2H3/t10-,11+,12-,13-,14-,15-,16+,17-,18-,19+,21+,23-,24+,25-/m1/s1. The molecule has 0 aromatic rings. The predicted molar refractivity (Wildman–Crippen MR) is 117 cm³/mol. The maximum Gasteiger partial charge on any atom is 0.315 e. The summed E-state index contributed by atoms with van der Waals surface area (Å²) < 4.78 is 17.1. The third-order valence-electron chi connectivity index (χ3n) is 10.5. The van der Waals surface area contributed by atoms with Gasteiger partial charge < -0.3 is 44.8 Å². The van der Waals surface area contributed by atoms with Crippen LogP contribution in [0.5, 0.6) is 0 Å². The Morgan fingerprint density at radius 2 is 1.83 bits per heavy atom. The topological polar surface area (TPSA) is 183 Å². The van der Waals surface area contributed by atoms with E-state index in [1.165, 1.54) is 6.92 Å². The second kappa shape index (κ2) is 7.72. The minimum absolute atomic E-state index is 0.00749. The quantitative estimate of drug-likeness (QED) is 0.189. The summed E-state index contributed by atoms with van der Waals surface area (Å²) in [5.74, 6) is -3.22. The third-order valence-corrected chi connectivity index (χ3v) is 10.5. The van der Waals surface area contributed by atoms with Gasteiger partial charge in [0, 0.05) is 18.3 Å². The molecule has 11 heteroatoms. The molecule has 0 amide bonds. The van der Waals surface area contributed by atoms with Gasteiger partial charge in [-0.1, -0.05) is 12.2 Å². The number of aliphatic hydroxyl groups excluding tert-OH is 6. The van der Waals surface area contributed by atoms with Crippen molar-refractivity contribution in [2.45, 2.75) is 87.5 Å². The zero-order valence-corrected chi connectivity index (χ0v) is 20.0. The lowest BCUT2D eigenvalue weighted by Crippen LogP contribution is -2.61. The van der Waals surface area contributed by atoms with Crippen LogP contribution in [0.4, 0.5) is 0 Å². The summed E-state index contributed by atoms with van der Waals surface area (Å²) in [5.41, 5.74) is -2.38. The van der Waals surface area contributed by atoms with E-state index >= 15 is 0 Å². The van der Waals surface area contributed by atoms with E-state index < -0.39 is 89.7 Å². The summed E-state index contributed by atoms with van der Waals surface area (Å²) in [5, 5.41) is 62.0. The van der Waals surface area contributed by atoms with Crippen molar-refractivity contribution in [3.63, 3.8) is 0 Å². The molecule has 4 bridgehead atoms. The molecule has 1 spiro atoms. The Labute approximate surface area is 207 Å². The number of carbonyl (C=O) groups excluding carboxylic acids is 2. The van der Waals surface area contributed by atoms with Crippen molar-refractivity contribution in [1.29, 1.82) is 0 Å². The molecule has 14 atom stereocenters. The van der Waals surface area contributed by atoms with Gasteiger partial charge in [0.1, 0.15) is 35.4 Å². The smallest absolute Gasteiger partial charge is 0.315 e. The third kappa shape index (κ3) is 2.77. The van der Waals surface area contributed by atoms with Gasteiger partial charge >= 0.3 is 11.9 Å². The lowest BCUT2D eigenvalue weighted by molar-refractivity contribution is -0.295. The Kier molecular flexibility index (Phi) is 5.30. The molecule has 4 saturated carbocycles. The molecule has 2 heterocycles. The van der Waals surface area contributed by atoms with Crippen LogP contribution >= 0.6 is 0 Å². The van der Waals surface area contributed by atoms with Gasteiger partial charge in [-0.25, -0.2) is 0 Å². The summed E-state index contributed by atoms with van der Waals surface area (Å²) in [6, 6.07) is 0. The fraction of sp³-hybridized carbons (Fsp3) is 0.840. The number of carbonyl (C=O) groups is 2. The molecular weight excluding hydrogens is 476 g/mol. The molecule has 6 fully saturated rings. The minimum Gasteiger partial charge on any atom is -0.458 e. The molecule has 4 aliphatic carbocycles.